The predicted molar refractivity (Wildman–Crippen MR) is 116 cm³/mol. The molecule has 2 aromatic heterocycles. The van der Waals surface area contributed by atoms with Crippen LogP contribution >= 0.6 is 23.1 Å². The fourth-order valence-corrected chi connectivity index (χ4v) is 5.86. The van der Waals surface area contributed by atoms with Crippen molar-refractivity contribution < 1.29 is 4.79 Å². The molecule has 5 nitrogen and oxygen atoms in total. The normalized spacial score (nSPS) is 15.2. The third-order valence-electron chi connectivity index (χ3n) is 5.25. The van der Waals surface area contributed by atoms with Crippen LogP contribution in [-0.4, -0.2) is 20.7 Å². The Balaban J connectivity index is 2.01. The van der Waals surface area contributed by atoms with E-state index in [0.29, 0.717) is 5.16 Å². The quantitative estimate of drug-likeness (QED) is 0.398. The number of hydrogen-bond donors (Lipinski definition) is 1. The predicted octanol–water partition coefficient (Wildman–Crippen LogP) is 3.99. The van der Waals surface area contributed by atoms with Crippen molar-refractivity contribution in [3.8, 4) is 5.69 Å². The molecule has 7 heteroatoms. The number of carbonyl (C=O) groups is 1. The number of rotatable bonds is 4. The second kappa shape index (κ2) is 7.72. The smallest absolute Gasteiger partial charge is 0.267 e. The maximum Gasteiger partial charge on any atom is 0.267 e. The van der Waals surface area contributed by atoms with Gasteiger partial charge in [0.2, 0.25) is 5.91 Å². The molecule has 1 aromatic carbocycles. The maximum absolute atomic E-state index is 13.7. The van der Waals surface area contributed by atoms with Crippen LogP contribution in [0, 0.1) is 6.92 Å². The largest absolute Gasteiger partial charge is 0.369 e. The van der Waals surface area contributed by atoms with E-state index in [0.717, 1.165) is 47.2 Å². The van der Waals surface area contributed by atoms with E-state index in [9.17, 15) is 9.59 Å². The lowest BCUT2D eigenvalue weighted by Gasteiger charge is -2.16. The number of thiophene rings is 1. The summed E-state index contributed by atoms with van der Waals surface area (Å²) in [4.78, 5) is 32.3. The molecule has 0 aliphatic heterocycles. The third kappa shape index (κ3) is 3.37. The van der Waals surface area contributed by atoms with E-state index in [1.165, 1.54) is 28.6 Å². The van der Waals surface area contributed by atoms with Crippen LogP contribution in [0.4, 0.5) is 0 Å². The molecule has 0 bridgehead atoms. The Morgan fingerprint density at radius 2 is 2.00 bits per heavy atom. The average Bonchev–Trinajstić information content (AvgIpc) is 2.84. The highest BCUT2D eigenvalue weighted by Crippen LogP contribution is 2.35. The Hall–Kier alpha value is -2.12. The Labute approximate surface area is 172 Å². The van der Waals surface area contributed by atoms with E-state index in [2.05, 4.69) is 0 Å². The minimum atomic E-state index is -0.475. The van der Waals surface area contributed by atoms with Crippen LogP contribution in [0.15, 0.2) is 34.2 Å². The van der Waals surface area contributed by atoms with E-state index in [1.807, 2.05) is 31.2 Å². The van der Waals surface area contributed by atoms with Gasteiger partial charge in [-0.3, -0.25) is 14.2 Å². The van der Waals surface area contributed by atoms with Gasteiger partial charge in [0.15, 0.2) is 5.16 Å². The van der Waals surface area contributed by atoms with Gasteiger partial charge >= 0.3 is 0 Å². The van der Waals surface area contributed by atoms with Crippen LogP contribution in [0.2, 0.25) is 0 Å². The topological polar surface area (TPSA) is 78.0 Å². The summed E-state index contributed by atoms with van der Waals surface area (Å²) in [5, 5.41) is 0.799. The van der Waals surface area contributed by atoms with Gasteiger partial charge in [-0.2, -0.15) is 0 Å². The molecule has 4 rings (SSSR count). The lowest BCUT2D eigenvalue weighted by Crippen LogP contribution is -2.26. The van der Waals surface area contributed by atoms with Crippen molar-refractivity contribution in [3.05, 3.63) is 50.6 Å². The maximum atomic E-state index is 13.7. The molecule has 2 heterocycles. The molecule has 1 atom stereocenters. The highest BCUT2D eigenvalue weighted by Gasteiger charge is 2.24. The lowest BCUT2D eigenvalue weighted by molar-refractivity contribution is -0.117. The zero-order chi connectivity index (χ0) is 19.8. The molecular weight excluding hydrogens is 390 g/mol. The molecule has 3 aromatic rings. The minimum Gasteiger partial charge on any atom is -0.369 e. The fourth-order valence-electron chi connectivity index (χ4n) is 3.69. The molecule has 28 heavy (non-hydrogen) atoms. The molecule has 0 spiro atoms. The summed E-state index contributed by atoms with van der Waals surface area (Å²) in [5.41, 5.74) is 8.40. The van der Waals surface area contributed by atoms with Gasteiger partial charge in [0.05, 0.1) is 16.3 Å². The summed E-state index contributed by atoms with van der Waals surface area (Å²) in [6.07, 6.45) is 5.42. The fraction of sp³-hybridized carbons (Fsp3) is 0.381. The zero-order valence-corrected chi connectivity index (χ0v) is 17.7. The number of benzene rings is 1. The molecule has 0 fully saturated rings. The average molecular weight is 414 g/mol. The number of amides is 1. The van der Waals surface area contributed by atoms with Crippen molar-refractivity contribution in [3.63, 3.8) is 0 Å². The van der Waals surface area contributed by atoms with Gasteiger partial charge in [0, 0.05) is 4.88 Å². The van der Waals surface area contributed by atoms with Gasteiger partial charge < -0.3 is 5.73 Å². The van der Waals surface area contributed by atoms with Crippen molar-refractivity contribution in [1.82, 2.24) is 9.55 Å². The van der Waals surface area contributed by atoms with Gasteiger partial charge in [0.1, 0.15) is 4.83 Å². The first-order chi connectivity index (χ1) is 13.5. The van der Waals surface area contributed by atoms with E-state index in [4.69, 9.17) is 10.7 Å². The second-order valence-electron chi connectivity index (χ2n) is 7.23. The number of carbonyl (C=O) groups excluding carboxylic acids is 1. The Morgan fingerprint density at radius 1 is 1.25 bits per heavy atom. The number of primary amides is 1. The van der Waals surface area contributed by atoms with Gasteiger partial charge in [-0.25, -0.2) is 4.98 Å². The SMILES string of the molecule is Cc1ccccc1-n1c(SC(C)C(N)=O)nc2sc3c(c2c1=O)CCCCC3. The highest BCUT2D eigenvalue weighted by atomic mass is 32.2. The lowest BCUT2D eigenvalue weighted by atomic mass is 10.1. The van der Waals surface area contributed by atoms with Crippen LogP contribution in [0.1, 0.15) is 42.2 Å². The van der Waals surface area contributed by atoms with Crippen LogP contribution in [0.5, 0.6) is 0 Å². The van der Waals surface area contributed by atoms with E-state index >= 15 is 0 Å². The zero-order valence-electron chi connectivity index (χ0n) is 16.0. The van der Waals surface area contributed by atoms with E-state index in [1.54, 1.807) is 22.8 Å². The van der Waals surface area contributed by atoms with Crippen LogP contribution < -0.4 is 11.3 Å². The first-order valence-corrected chi connectivity index (χ1v) is 11.3. The standard InChI is InChI=1S/C21H23N3O2S2/c1-12-8-6-7-10-15(12)24-20(26)17-14-9-4-3-5-11-16(14)28-19(17)23-21(24)27-13(2)18(22)25/h6-8,10,13H,3-5,9,11H2,1-2H3,(H2,22,25). The van der Waals surface area contributed by atoms with Crippen LogP contribution in [-0.2, 0) is 17.6 Å². The number of nitrogens with two attached hydrogens (primary N) is 1. The molecular formula is C21H23N3O2S2. The first kappa shape index (κ1) is 19.2. The van der Waals surface area contributed by atoms with Gasteiger partial charge in [0.25, 0.3) is 5.56 Å². The molecule has 0 radical (unpaired) electrons. The minimum absolute atomic E-state index is 0.0436. The number of hydrogen-bond acceptors (Lipinski definition) is 5. The summed E-state index contributed by atoms with van der Waals surface area (Å²) in [5.74, 6) is -0.419. The highest BCUT2D eigenvalue weighted by molar-refractivity contribution is 8.00. The Bertz CT molecular complexity index is 1120. The number of fused-ring (bicyclic) bond motifs is 3. The molecule has 2 N–H and O–H groups in total. The van der Waals surface area contributed by atoms with Crippen molar-refractivity contribution in [2.45, 2.75) is 56.4 Å². The summed E-state index contributed by atoms with van der Waals surface area (Å²) < 4.78 is 1.67. The van der Waals surface area contributed by atoms with Gasteiger partial charge in [-0.05, 0) is 56.7 Å². The first-order valence-electron chi connectivity index (χ1n) is 9.56. The number of thioether (sulfide) groups is 1. The Kier molecular flexibility index (Phi) is 5.29. The molecule has 1 aliphatic rings. The summed E-state index contributed by atoms with van der Waals surface area (Å²) in [6.45, 7) is 3.72. The Morgan fingerprint density at radius 3 is 2.75 bits per heavy atom. The van der Waals surface area contributed by atoms with Gasteiger partial charge in [-0.1, -0.05) is 36.4 Å². The molecule has 146 valence electrons. The van der Waals surface area contributed by atoms with Crippen molar-refractivity contribution in [2.75, 3.05) is 0 Å². The molecule has 1 unspecified atom stereocenters. The van der Waals surface area contributed by atoms with E-state index < -0.39 is 11.2 Å². The molecule has 0 saturated heterocycles. The third-order valence-corrected chi connectivity index (χ3v) is 7.50. The number of aryl methyl sites for hydroxylation is 3. The summed E-state index contributed by atoms with van der Waals surface area (Å²) in [6, 6.07) is 7.77. The number of nitrogens with zero attached hydrogens (tertiary/aromatic N) is 2. The molecule has 0 saturated carbocycles. The van der Waals surface area contributed by atoms with Crippen molar-refractivity contribution in [2.24, 2.45) is 5.73 Å². The van der Waals surface area contributed by atoms with E-state index in [-0.39, 0.29) is 5.56 Å². The van der Waals surface area contributed by atoms with Crippen molar-refractivity contribution >= 4 is 39.2 Å². The van der Waals surface area contributed by atoms with Gasteiger partial charge in [-0.15, -0.1) is 11.3 Å². The monoisotopic (exact) mass is 413 g/mol. The van der Waals surface area contributed by atoms with Crippen LogP contribution in [0.3, 0.4) is 0 Å². The molecule has 1 aliphatic carbocycles. The summed E-state index contributed by atoms with van der Waals surface area (Å²) in [7, 11) is 0. The molecule has 1 amide bonds. The number of para-hydroxylation sites is 1. The van der Waals surface area contributed by atoms with Crippen LogP contribution in [0.25, 0.3) is 15.9 Å². The summed E-state index contributed by atoms with van der Waals surface area (Å²) >= 11 is 2.88. The second-order valence-corrected chi connectivity index (χ2v) is 9.62. The number of aromatic nitrogens is 2. The van der Waals surface area contributed by atoms with Crippen molar-refractivity contribution in [1.29, 1.82) is 0 Å².